The summed E-state index contributed by atoms with van der Waals surface area (Å²) in [5, 5.41) is 3.65. The minimum Gasteiger partial charge on any atom is -0.493 e. The van der Waals surface area contributed by atoms with Gasteiger partial charge in [0.15, 0.2) is 11.5 Å². The smallest absolute Gasteiger partial charge is 0.254 e. The summed E-state index contributed by atoms with van der Waals surface area (Å²) in [7, 11) is 4.83. The summed E-state index contributed by atoms with van der Waals surface area (Å²) in [5.74, 6) is 1.25. The molecular formula is C28H45N3O6. The second-order valence-corrected chi connectivity index (χ2v) is 10.2. The average Bonchev–Trinajstić information content (AvgIpc) is 3.73. The fourth-order valence-electron chi connectivity index (χ4n) is 5.06. The van der Waals surface area contributed by atoms with Crippen molar-refractivity contribution >= 4 is 11.8 Å². The number of benzene rings is 1. The van der Waals surface area contributed by atoms with Crippen LogP contribution in [0, 0.1) is 0 Å². The third-order valence-electron chi connectivity index (χ3n) is 7.13. The molecule has 9 nitrogen and oxygen atoms in total. The van der Waals surface area contributed by atoms with E-state index in [4.69, 9.17) is 18.9 Å². The lowest BCUT2D eigenvalue weighted by Gasteiger charge is -2.40. The fourth-order valence-corrected chi connectivity index (χ4v) is 5.06. The summed E-state index contributed by atoms with van der Waals surface area (Å²) in [6.45, 7) is 6.85. The van der Waals surface area contributed by atoms with Gasteiger partial charge in [0.25, 0.3) is 5.91 Å². The molecule has 2 amide bonds. The van der Waals surface area contributed by atoms with Crippen LogP contribution in [0.1, 0.15) is 62.7 Å². The van der Waals surface area contributed by atoms with Crippen molar-refractivity contribution < 1.29 is 28.5 Å². The van der Waals surface area contributed by atoms with E-state index in [1.807, 2.05) is 9.80 Å². The summed E-state index contributed by atoms with van der Waals surface area (Å²) >= 11 is 0. The fraction of sp³-hybridized carbons (Fsp3) is 0.714. The summed E-state index contributed by atoms with van der Waals surface area (Å²) in [6.07, 6.45) is 5.74. The van der Waals surface area contributed by atoms with Crippen LogP contribution in [-0.2, 0) is 14.3 Å². The molecule has 0 aromatic heterocycles. The van der Waals surface area contributed by atoms with Gasteiger partial charge in [-0.05, 0) is 64.2 Å². The second-order valence-electron chi connectivity index (χ2n) is 10.2. The molecule has 1 aliphatic heterocycles. The Labute approximate surface area is 221 Å². The maximum atomic E-state index is 13.7. The number of carbonyl (C=O) groups is 2. The molecule has 37 heavy (non-hydrogen) atoms. The molecule has 2 fully saturated rings. The molecule has 2 unspecified atom stereocenters. The number of nitrogens with zero attached hydrogens (tertiary/aromatic N) is 2. The number of hydrogen-bond acceptors (Lipinski definition) is 7. The highest BCUT2D eigenvalue weighted by atomic mass is 16.5. The molecule has 2 atom stereocenters. The Kier molecular flexibility index (Phi) is 11.5. The highest BCUT2D eigenvalue weighted by Gasteiger charge is 2.34. The molecule has 1 aromatic carbocycles. The number of ether oxygens (including phenoxy) is 4. The van der Waals surface area contributed by atoms with E-state index >= 15 is 0 Å². The monoisotopic (exact) mass is 519 g/mol. The van der Waals surface area contributed by atoms with Gasteiger partial charge in [0.05, 0.1) is 13.7 Å². The van der Waals surface area contributed by atoms with Crippen molar-refractivity contribution in [3.05, 3.63) is 23.8 Å². The first-order valence-electron chi connectivity index (χ1n) is 13.5. The largest absolute Gasteiger partial charge is 0.493 e. The van der Waals surface area contributed by atoms with E-state index < -0.39 is 0 Å². The molecule has 208 valence electrons. The van der Waals surface area contributed by atoms with Gasteiger partial charge in [0, 0.05) is 70.1 Å². The van der Waals surface area contributed by atoms with Crippen LogP contribution in [0.4, 0.5) is 0 Å². The first-order chi connectivity index (χ1) is 17.9. The van der Waals surface area contributed by atoms with Gasteiger partial charge < -0.3 is 34.1 Å². The van der Waals surface area contributed by atoms with Gasteiger partial charge in [-0.15, -0.1) is 0 Å². The van der Waals surface area contributed by atoms with Crippen molar-refractivity contribution in [1.82, 2.24) is 15.1 Å². The molecule has 0 radical (unpaired) electrons. The van der Waals surface area contributed by atoms with Gasteiger partial charge in [-0.25, -0.2) is 0 Å². The number of rotatable bonds is 15. The first-order valence-corrected chi connectivity index (χ1v) is 13.5. The normalized spacial score (nSPS) is 19.5. The molecule has 9 heteroatoms. The van der Waals surface area contributed by atoms with Crippen molar-refractivity contribution in [2.24, 2.45) is 0 Å². The Bertz CT molecular complexity index is 867. The predicted molar refractivity (Wildman–Crippen MR) is 142 cm³/mol. The molecule has 2 aliphatic rings. The van der Waals surface area contributed by atoms with Crippen LogP contribution in [0.2, 0.25) is 0 Å². The van der Waals surface area contributed by atoms with Crippen molar-refractivity contribution in [2.75, 3.05) is 54.2 Å². The summed E-state index contributed by atoms with van der Waals surface area (Å²) in [4.78, 5) is 30.0. The minimum absolute atomic E-state index is 0.00489. The Morgan fingerprint density at radius 3 is 2.35 bits per heavy atom. The maximum Gasteiger partial charge on any atom is 0.254 e. The van der Waals surface area contributed by atoms with E-state index in [2.05, 4.69) is 19.2 Å². The van der Waals surface area contributed by atoms with Crippen LogP contribution >= 0.6 is 0 Å². The Morgan fingerprint density at radius 2 is 1.76 bits per heavy atom. The third kappa shape index (κ3) is 8.32. The molecule has 1 heterocycles. The van der Waals surface area contributed by atoms with Crippen molar-refractivity contribution in [2.45, 2.75) is 76.5 Å². The number of methoxy groups -OCH3 is 3. The SMILES string of the molecule is COCCCOc1cc(C(=O)N(C(C)C)C2CCC(CCN(C(=O)COC)C3CC3)NC2)ccc1OC. The Hall–Kier alpha value is -2.36. The average molecular weight is 520 g/mol. The van der Waals surface area contributed by atoms with Crippen LogP contribution < -0.4 is 14.8 Å². The molecule has 0 bridgehead atoms. The molecular weight excluding hydrogens is 474 g/mol. The Balaban J connectivity index is 1.58. The predicted octanol–water partition coefficient (Wildman–Crippen LogP) is 3.11. The number of piperidine rings is 1. The maximum absolute atomic E-state index is 13.7. The van der Waals surface area contributed by atoms with Crippen LogP contribution in [0.3, 0.4) is 0 Å². The molecule has 1 saturated heterocycles. The molecule has 1 saturated carbocycles. The number of nitrogens with one attached hydrogen (secondary N) is 1. The van der Waals surface area contributed by atoms with Crippen molar-refractivity contribution in [1.29, 1.82) is 0 Å². The lowest BCUT2D eigenvalue weighted by atomic mass is 9.95. The van der Waals surface area contributed by atoms with Gasteiger partial charge in [-0.3, -0.25) is 9.59 Å². The standard InChI is InChI=1S/C28H45N3O6/c1-20(2)31(28(33)21-7-12-25(36-5)26(17-21)37-16-6-15-34-3)24-9-8-22(29-18-24)13-14-30(23-10-11-23)27(32)19-35-4/h7,12,17,20,22-24,29H,6,8-11,13-16,18-19H2,1-5H3. The van der Waals surface area contributed by atoms with E-state index in [0.29, 0.717) is 42.4 Å². The second kappa shape index (κ2) is 14.5. The van der Waals surface area contributed by atoms with Crippen molar-refractivity contribution in [3.63, 3.8) is 0 Å². The zero-order valence-electron chi connectivity index (χ0n) is 23.2. The quantitative estimate of drug-likeness (QED) is 0.356. The molecule has 1 N–H and O–H groups in total. The number of carbonyl (C=O) groups excluding carboxylic acids is 2. The van der Waals surface area contributed by atoms with Crippen molar-refractivity contribution in [3.8, 4) is 11.5 Å². The summed E-state index contributed by atoms with van der Waals surface area (Å²) < 4.78 is 21.5. The topological polar surface area (TPSA) is 89.6 Å². The zero-order chi connectivity index (χ0) is 26.8. The lowest BCUT2D eigenvalue weighted by molar-refractivity contribution is -0.135. The first kappa shape index (κ1) is 29.2. The van der Waals surface area contributed by atoms with Gasteiger partial charge in [0.2, 0.25) is 5.91 Å². The Morgan fingerprint density at radius 1 is 1.00 bits per heavy atom. The highest BCUT2D eigenvalue weighted by Crippen LogP contribution is 2.31. The molecule has 1 aliphatic carbocycles. The van der Waals surface area contributed by atoms with E-state index in [-0.39, 0.29) is 30.5 Å². The lowest BCUT2D eigenvalue weighted by Crippen LogP contribution is -2.54. The molecule has 0 spiro atoms. The zero-order valence-corrected chi connectivity index (χ0v) is 23.2. The van der Waals surface area contributed by atoms with Crippen LogP contribution in [0.5, 0.6) is 11.5 Å². The van der Waals surface area contributed by atoms with Crippen LogP contribution in [-0.4, -0.2) is 100 Å². The van der Waals surface area contributed by atoms with Gasteiger partial charge in [-0.1, -0.05) is 0 Å². The third-order valence-corrected chi connectivity index (χ3v) is 7.13. The van der Waals surface area contributed by atoms with Gasteiger partial charge in [-0.2, -0.15) is 0 Å². The minimum atomic E-state index is -0.00489. The van der Waals surface area contributed by atoms with E-state index in [9.17, 15) is 9.59 Å². The number of amides is 2. The van der Waals surface area contributed by atoms with Gasteiger partial charge in [0.1, 0.15) is 6.61 Å². The van der Waals surface area contributed by atoms with E-state index in [1.165, 1.54) is 0 Å². The highest BCUT2D eigenvalue weighted by molar-refractivity contribution is 5.95. The van der Waals surface area contributed by atoms with Gasteiger partial charge >= 0.3 is 0 Å². The van der Waals surface area contributed by atoms with E-state index in [0.717, 1.165) is 51.6 Å². The number of hydrogen-bond donors (Lipinski definition) is 1. The molecule has 1 aromatic rings. The van der Waals surface area contributed by atoms with Crippen LogP contribution in [0.15, 0.2) is 18.2 Å². The van der Waals surface area contributed by atoms with Crippen LogP contribution in [0.25, 0.3) is 0 Å². The summed E-state index contributed by atoms with van der Waals surface area (Å²) in [6, 6.07) is 6.26. The van der Waals surface area contributed by atoms with E-state index in [1.54, 1.807) is 39.5 Å². The molecule has 3 rings (SSSR count). The summed E-state index contributed by atoms with van der Waals surface area (Å²) in [5.41, 5.74) is 0.593.